The van der Waals surface area contributed by atoms with Crippen molar-refractivity contribution >= 4 is 16.6 Å². The Morgan fingerprint density at radius 2 is 2.00 bits per heavy atom. The quantitative estimate of drug-likeness (QED) is 0.488. The van der Waals surface area contributed by atoms with Gasteiger partial charge in [0, 0.05) is 6.07 Å². The predicted molar refractivity (Wildman–Crippen MR) is 84.6 cm³/mol. The van der Waals surface area contributed by atoms with Crippen LogP contribution in [0.1, 0.15) is 11.1 Å². The highest BCUT2D eigenvalue weighted by atomic mass is 32.2. The number of hydrogen-bond acceptors (Lipinski definition) is 3. The molecule has 0 spiro atoms. The minimum Gasteiger partial charge on any atom is -0.371 e. The molecule has 1 aliphatic rings. The molecule has 0 bridgehead atoms. The van der Waals surface area contributed by atoms with Gasteiger partial charge in [0.2, 0.25) is 0 Å². The summed E-state index contributed by atoms with van der Waals surface area (Å²) in [5.41, 5.74) is 0.475. The summed E-state index contributed by atoms with van der Waals surface area (Å²) in [6.45, 7) is 1.76. The van der Waals surface area contributed by atoms with Gasteiger partial charge in [-0.3, -0.25) is 10.1 Å². The second-order valence-electron chi connectivity index (χ2n) is 5.21. The highest BCUT2D eigenvalue weighted by molar-refractivity contribution is 8.22. The number of hydrogen-bond donors (Lipinski definition) is 1. The molecule has 0 radical (unpaired) electrons. The van der Waals surface area contributed by atoms with E-state index in [1.54, 1.807) is 25.3 Å². The van der Waals surface area contributed by atoms with Crippen molar-refractivity contribution in [2.75, 3.05) is 12.9 Å². The molecule has 1 heterocycles. The van der Waals surface area contributed by atoms with Crippen LogP contribution in [0.5, 0.6) is 0 Å². The molecule has 1 atom stereocenters. The third-order valence-electron chi connectivity index (χ3n) is 3.38. The zero-order chi connectivity index (χ0) is 17.2. The van der Waals surface area contributed by atoms with Crippen LogP contribution in [-0.2, 0) is 11.3 Å². The first-order valence-electron chi connectivity index (χ1n) is 6.72. The van der Waals surface area contributed by atoms with E-state index < -0.39 is 27.6 Å². The number of halogens is 3. The number of allylic oxidation sites excluding steroid dienone is 2. The molecular formula is C15H16F3NO3S. The molecule has 1 aliphatic heterocycles. The molecule has 4 nitrogen and oxygen atoms in total. The topological polar surface area (TPSA) is 52.4 Å². The van der Waals surface area contributed by atoms with Crippen LogP contribution in [0.4, 0.5) is 18.9 Å². The van der Waals surface area contributed by atoms with Crippen molar-refractivity contribution < 1.29 is 22.8 Å². The van der Waals surface area contributed by atoms with E-state index in [1.807, 2.05) is 0 Å². The van der Waals surface area contributed by atoms with Crippen molar-refractivity contribution in [2.45, 2.75) is 19.7 Å². The summed E-state index contributed by atoms with van der Waals surface area (Å²) in [4.78, 5) is 11.1. The number of rotatable bonds is 5. The monoisotopic (exact) mass is 347 g/mol. The van der Waals surface area contributed by atoms with E-state index in [-0.39, 0.29) is 18.9 Å². The van der Waals surface area contributed by atoms with Crippen LogP contribution < -0.4 is 0 Å². The fraction of sp³-hybridized carbons (Fsp3) is 0.333. The van der Waals surface area contributed by atoms with Crippen molar-refractivity contribution in [1.82, 2.24) is 0 Å². The largest absolute Gasteiger partial charge is 0.416 e. The summed E-state index contributed by atoms with van der Waals surface area (Å²) in [6.07, 6.45) is -1.53. The Morgan fingerprint density at radius 3 is 2.57 bits per heavy atom. The lowest BCUT2D eigenvalue weighted by Crippen LogP contribution is -2.08. The van der Waals surface area contributed by atoms with Crippen LogP contribution in [0.3, 0.4) is 0 Å². The van der Waals surface area contributed by atoms with Crippen molar-refractivity contribution in [3.8, 4) is 0 Å². The number of thiol groups is 1. The lowest BCUT2D eigenvalue weighted by Gasteiger charge is -2.12. The van der Waals surface area contributed by atoms with E-state index in [2.05, 4.69) is 0 Å². The third-order valence-corrected chi connectivity index (χ3v) is 5.21. The van der Waals surface area contributed by atoms with Gasteiger partial charge in [0.25, 0.3) is 5.69 Å². The summed E-state index contributed by atoms with van der Waals surface area (Å²) in [7, 11) is -1.02. The lowest BCUT2D eigenvalue weighted by atomic mass is 10.1. The van der Waals surface area contributed by atoms with E-state index in [0.29, 0.717) is 10.5 Å². The maximum absolute atomic E-state index is 12.7. The fourth-order valence-corrected chi connectivity index (χ4v) is 3.58. The van der Waals surface area contributed by atoms with E-state index >= 15 is 0 Å². The number of nitro benzene ring substituents is 1. The van der Waals surface area contributed by atoms with Gasteiger partial charge in [0.1, 0.15) is 0 Å². The molecule has 0 amide bonds. The average Bonchev–Trinajstić information content (AvgIpc) is 2.82. The number of benzene rings is 1. The minimum absolute atomic E-state index is 0.0154. The number of alkyl halides is 3. The van der Waals surface area contributed by atoms with Gasteiger partial charge in [-0.15, -0.1) is 0 Å². The van der Waals surface area contributed by atoms with Crippen LogP contribution in [0.15, 0.2) is 40.2 Å². The normalized spacial score (nSPS) is 19.4. The Labute approximate surface area is 134 Å². The first-order valence-corrected chi connectivity index (χ1v) is 8.58. The summed E-state index contributed by atoms with van der Waals surface area (Å²) in [5, 5.41) is 12.2. The third kappa shape index (κ3) is 4.35. The zero-order valence-corrected chi connectivity index (χ0v) is 13.4. The zero-order valence-electron chi connectivity index (χ0n) is 12.6. The Balaban J connectivity index is 2.00. The van der Waals surface area contributed by atoms with Gasteiger partial charge in [-0.05, 0) is 41.2 Å². The molecule has 1 aromatic carbocycles. The molecule has 8 heteroatoms. The average molecular weight is 347 g/mol. The van der Waals surface area contributed by atoms with Crippen LogP contribution in [-0.4, -0.2) is 24.0 Å². The molecular weight excluding hydrogens is 331 g/mol. The smallest absolute Gasteiger partial charge is 0.371 e. The van der Waals surface area contributed by atoms with Crippen molar-refractivity contribution in [3.63, 3.8) is 0 Å². The van der Waals surface area contributed by atoms with Gasteiger partial charge in [-0.1, -0.05) is 6.07 Å². The molecule has 0 aliphatic carbocycles. The number of nitro groups is 1. The van der Waals surface area contributed by atoms with Gasteiger partial charge in [0.05, 0.1) is 29.3 Å². The van der Waals surface area contributed by atoms with Gasteiger partial charge >= 0.3 is 6.18 Å². The van der Waals surface area contributed by atoms with Crippen LogP contribution >= 0.6 is 10.9 Å². The fourth-order valence-electron chi connectivity index (χ4n) is 2.14. The Morgan fingerprint density at radius 1 is 1.30 bits per heavy atom. The van der Waals surface area contributed by atoms with Crippen molar-refractivity contribution in [2.24, 2.45) is 0 Å². The number of nitrogens with zero attached hydrogens (tertiary/aromatic N) is 1. The summed E-state index contributed by atoms with van der Waals surface area (Å²) in [6, 6.07) is 4.78. The predicted octanol–water partition coefficient (Wildman–Crippen LogP) is 4.39. The van der Waals surface area contributed by atoms with E-state index in [1.165, 1.54) is 11.5 Å². The molecule has 0 saturated carbocycles. The number of ether oxygens (including phenoxy) is 1. The van der Waals surface area contributed by atoms with Crippen molar-refractivity contribution in [1.29, 1.82) is 0 Å². The Kier molecular flexibility index (Phi) is 5.16. The Bertz CT molecular complexity index is 683. The highest BCUT2D eigenvalue weighted by Crippen LogP contribution is 2.45. The second-order valence-corrected chi connectivity index (χ2v) is 7.27. The molecule has 0 N–H and O–H groups in total. The lowest BCUT2D eigenvalue weighted by molar-refractivity contribution is -0.386. The molecule has 1 aromatic rings. The standard InChI is InChI=1S/C15H16F3NO3S/c1-10-3-4-11(14(5-10)19(20)21)7-22-8-13-6-12(9-23(13)2)15(16,17)18/h3-6,9,23H,7-8H2,1-2H3. The maximum Gasteiger partial charge on any atom is 0.416 e. The van der Waals surface area contributed by atoms with Crippen molar-refractivity contribution in [3.05, 3.63) is 61.4 Å². The Hall–Kier alpha value is -1.80. The SMILES string of the molecule is Cc1ccc(COCC2=CC(C(F)(F)F)=C[SH]2C)c([N+](=O)[O-])c1. The molecule has 1 unspecified atom stereocenters. The van der Waals surface area contributed by atoms with E-state index in [0.717, 1.165) is 11.6 Å². The summed E-state index contributed by atoms with van der Waals surface area (Å²) < 4.78 is 43.4. The van der Waals surface area contributed by atoms with Crippen LogP contribution in [0.25, 0.3) is 0 Å². The van der Waals surface area contributed by atoms with Crippen LogP contribution in [0.2, 0.25) is 0 Å². The molecule has 0 saturated heterocycles. The highest BCUT2D eigenvalue weighted by Gasteiger charge is 2.35. The molecule has 126 valence electrons. The molecule has 0 fully saturated rings. The maximum atomic E-state index is 12.7. The number of aryl methyl sites for hydroxylation is 1. The second kappa shape index (κ2) is 6.76. The summed E-state index contributed by atoms with van der Waals surface area (Å²) >= 11 is 0. The van der Waals surface area contributed by atoms with Gasteiger partial charge < -0.3 is 4.74 Å². The first kappa shape index (κ1) is 17.6. The van der Waals surface area contributed by atoms with Gasteiger partial charge in [0.15, 0.2) is 0 Å². The van der Waals surface area contributed by atoms with E-state index in [4.69, 9.17) is 4.74 Å². The summed E-state index contributed by atoms with van der Waals surface area (Å²) in [5.74, 6) is 0. The van der Waals surface area contributed by atoms with Gasteiger partial charge in [-0.25, -0.2) is 10.9 Å². The molecule has 23 heavy (non-hydrogen) atoms. The van der Waals surface area contributed by atoms with Gasteiger partial charge in [-0.2, -0.15) is 13.2 Å². The minimum atomic E-state index is -4.35. The molecule has 0 aromatic heterocycles. The van der Waals surface area contributed by atoms with E-state index in [9.17, 15) is 23.3 Å². The first-order chi connectivity index (χ1) is 10.7. The molecule has 2 rings (SSSR count). The van der Waals surface area contributed by atoms with Crippen LogP contribution in [0, 0.1) is 17.0 Å².